The molecule has 2 heterocycles. The predicted molar refractivity (Wildman–Crippen MR) is 106 cm³/mol. The fourth-order valence-corrected chi connectivity index (χ4v) is 4.90. The van der Waals surface area contributed by atoms with Gasteiger partial charge in [-0.1, -0.05) is 61.2 Å². The van der Waals surface area contributed by atoms with Crippen molar-refractivity contribution in [3.8, 4) is 11.1 Å². The molecule has 0 spiro atoms. The van der Waals surface area contributed by atoms with E-state index in [4.69, 9.17) is 4.74 Å². The highest BCUT2D eigenvalue weighted by molar-refractivity contribution is 6.88. The number of fused-ring (bicyclic) bond motifs is 2. The number of nitrogens with zero attached hydrogens (tertiary/aromatic N) is 1. The molecule has 1 aliphatic heterocycles. The second-order valence-corrected chi connectivity index (χ2v) is 12.9. The van der Waals surface area contributed by atoms with Crippen LogP contribution in [0, 0.1) is 0 Å². The summed E-state index contributed by atoms with van der Waals surface area (Å²) in [5, 5.41) is 2.21. The first-order valence-electron chi connectivity index (χ1n) is 8.70. The summed E-state index contributed by atoms with van der Waals surface area (Å²) in [5.74, 6) is -1.72. The number of hydrogen-bond acceptors (Lipinski definition) is 3. The van der Waals surface area contributed by atoms with Crippen LogP contribution in [-0.2, 0) is 9.53 Å². The number of para-hydroxylation sites is 1. The van der Waals surface area contributed by atoms with E-state index >= 15 is 0 Å². The van der Waals surface area contributed by atoms with Crippen LogP contribution in [0.5, 0.6) is 0 Å². The second kappa shape index (κ2) is 5.67. The Morgan fingerprint density at radius 2 is 1.85 bits per heavy atom. The molecule has 2 aromatic carbocycles. The van der Waals surface area contributed by atoms with Crippen LogP contribution in [0.2, 0.25) is 19.6 Å². The highest BCUT2D eigenvalue weighted by Gasteiger charge is 2.37. The Balaban J connectivity index is 2.10. The van der Waals surface area contributed by atoms with Gasteiger partial charge < -0.3 is 4.74 Å². The van der Waals surface area contributed by atoms with Crippen molar-refractivity contribution in [2.24, 2.45) is 0 Å². The van der Waals surface area contributed by atoms with Gasteiger partial charge in [0.15, 0.2) is 5.92 Å². The molecule has 0 saturated heterocycles. The predicted octanol–water partition coefficient (Wildman–Crippen LogP) is 3.76. The summed E-state index contributed by atoms with van der Waals surface area (Å²) in [6, 6.07) is 14.1. The average molecular weight is 363 g/mol. The third-order valence-corrected chi connectivity index (χ3v) is 7.19. The van der Waals surface area contributed by atoms with Gasteiger partial charge in [-0.2, -0.15) is 0 Å². The third-order valence-electron chi connectivity index (χ3n) is 5.15. The number of esters is 1. The lowest BCUT2D eigenvalue weighted by atomic mass is 9.90. The smallest absolute Gasteiger partial charge is 0.322 e. The number of hydrogen-bond donors (Lipinski definition) is 0. The molecule has 1 atom stereocenters. The second-order valence-electron chi connectivity index (χ2n) is 7.78. The molecule has 132 valence electrons. The van der Waals surface area contributed by atoms with E-state index in [0.29, 0.717) is 0 Å². The van der Waals surface area contributed by atoms with Crippen LogP contribution in [0.15, 0.2) is 48.7 Å². The molecular formula is C21H21NO3Si. The van der Waals surface area contributed by atoms with Gasteiger partial charge in [-0.25, -0.2) is 0 Å². The Morgan fingerprint density at radius 1 is 1.08 bits per heavy atom. The summed E-state index contributed by atoms with van der Waals surface area (Å²) < 4.78 is 6.61. The lowest BCUT2D eigenvalue weighted by Crippen LogP contribution is -2.38. The first-order valence-corrected chi connectivity index (χ1v) is 12.2. The van der Waals surface area contributed by atoms with Gasteiger partial charge >= 0.3 is 5.97 Å². The van der Waals surface area contributed by atoms with E-state index in [0.717, 1.165) is 27.6 Å². The standard InChI is InChI=1S/C21H21NO3Si/c1-25-21(24)18-17-12-14(26(2,3)4)8-9-15(17)16-7-5-6-13-10-11-22(19(13)16)20(18)23/h5-12,18H,1-4H3/t18-/m1/s1. The van der Waals surface area contributed by atoms with Crippen LogP contribution < -0.4 is 5.19 Å². The summed E-state index contributed by atoms with van der Waals surface area (Å²) in [6.07, 6.45) is 1.75. The van der Waals surface area contributed by atoms with Crippen molar-refractivity contribution in [1.82, 2.24) is 4.57 Å². The zero-order valence-electron chi connectivity index (χ0n) is 15.4. The molecule has 26 heavy (non-hydrogen) atoms. The van der Waals surface area contributed by atoms with E-state index in [1.165, 1.54) is 12.3 Å². The molecule has 0 unspecified atom stereocenters. The molecule has 0 radical (unpaired) electrons. The molecule has 4 rings (SSSR count). The molecule has 3 aromatic rings. The van der Waals surface area contributed by atoms with Crippen molar-refractivity contribution in [1.29, 1.82) is 0 Å². The van der Waals surface area contributed by atoms with Crippen LogP contribution in [0.1, 0.15) is 16.3 Å². The van der Waals surface area contributed by atoms with E-state index < -0.39 is 20.0 Å². The zero-order valence-corrected chi connectivity index (χ0v) is 16.4. The fourth-order valence-electron chi connectivity index (χ4n) is 3.73. The summed E-state index contributed by atoms with van der Waals surface area (Å²) in [4.78, 5) is 25.9. The van der Waals surface area contributed by atoms with Gasteiger partial charge in [-0.05, 0) is 17.2 Å². The average Bonchev–Trinajstić information content (AvgIpc) is 3.00. The summed E-state index contributed by atoms with van der Waals surface area (Å²) in [5.41, 5.74) is 3.51. The number of carbonyl (C=O) groups excluding carboxylic acids is 2. The summed E-state index contributed by atoms with van der Waals surface area (Å²) in [7, 11) is -0.268. The maximum Gasteiger partial charge on any atom is 0.322 e. The van der Waals surface area contributed by atoms with Crippen molar-refractivity contribution in [3.63, 3.8) is 0 Å². The topological polar surface area (TPSA) is 48.3 Å². The molecule has 1 aliphatic rings. The number of ether oxygens (including phenoxy) is 1. The van der Waals surface area contributed by atoms with Crippen molar-refractivity contribution in [2.45, 2.75) is 25.6 Å². The lowest BCUT2D eigenvalue weighted by Gasteiger charge is -2.21. The largest absolute Gasteiger partial charge is 0.468 e. The number of aromatic nitrogens is 1. The van der Waals surface area contributed by atoms with Crippen LogP contribution in [0.25, 0.3) is 22.0 Å². The normalized spacial score (nSPS) is 16.3. The van der Waals surface area contributed by atoms with Gasteiger partial charge in [-0.3, -0.25) is 14.2 Å². The van der Waals surface area contributed by atoms with Gasteiger partial charge in [0.25, 0.3) is 0 Å². The summed E-state index contributed by atoms with van der Waals surface area (Å²) >= 11 is 0. The number of carbonyl (C=O) groups is 2. The molecule has 0 bridgehead atoms. The van der Waals surface area contributed by atoms with Crippen molar-refractivity contribution in [3.05, 3.63) is 54.2 Å². The minimum Gasteiger partial charge on any atom is -0.468 e. The van der Waals surface area contributed by atoms with Crippen LogP contribution in [0.3, 0.4) is 0 Å². The quantitative estimate of drug-likeness (QED) is 0.396. The molecule has 4 nitrogen and oxygen atoms in total. The van der Waals surface area contributed by atoms with Gasteiger partial charge in [0.2, 0.25) is 5.91 Å². The minimum absolute atomic E-state index is 0.259. The highest BCUT2D eigenvalue weighted by atomic mass is 28.3. The maximum atomic E-state index is 13.3. The minimum atomic E-state index is -1.60. The molecule has 0 fully saturated rings. The van der Waals surface area contributed by atoms with Gasteiger partial charge in [0.05, 0.1) is 20.7 Å². The molecule has 5 heteroatoms. The highest BCUT2D eigenvalue weighted by Crippen LogP contribution is 2.39. The molecule has 0 amide bonds. The Bertz CT molecular complexity index is 1060. The summed E-state index contributed by atoms with van der Waals surface area (Å²) in [6.45, 7) is 6.76. The van der Waals surface area contributed by atoms with Gasteiger partial charge in [0, 0.05) is 17.1 Å². The Kier molecular flexibility index (Phi) is 3.66. The number of methoxy groups -OCH3 is 1. The zero-order chi connectivity index (χ0) is 18.6. The van der Waals surface area contributed by atoms with Crippen LogP contribution in [-0.4, -0.2) is 31.6 Å². The van der Waals surface area contributed by atoms with E-state index in [2.05, 4.69) is 31.8 Å². The number of benzene rings is 2. The Hall–Kier alpha value is -2.66. The molecular weight excluding hydrogens is 342 g/mol. The van der Waals surface area contributed by atoms with E-state index in [-0.39, 0.29) is 5.91 Å². The monoisotopic (exact) mass is 363 g/mol. The number of rotatable bonds is 2. The fraction of sp³-hybridized carbons (Fsp3) is 0.238. The Morgan fingerprint density at radius 3 is 2.54 bits per heavy atom. The first-order chi connectivity index (χ1) is 12.3. The Labute approximate surface area is 153 Å². The first kappa shape index (κ1) is 16.8. The van der Waals surface area contributed by atoms with Crippen LogP contribution >= 0.6 is 0 Å². The molecule has 0 aliphatic carbocycles. The van der Waals surface area contributed by atoms with E-state index in [9.17, 15) is 9.59 Å². The molecule has 1 aromatic heterocycles. The van der Waals surface area contributed by atoms with Gasteiger partial charge in [0.1, 0.15) is 0 Å². The van der Waals surface area contributed by atoms with E-state index in [1.54, 1.807) is 10.8 Å². The van der Waals surface area contributed by atoms with Crippen molar-refractivity contribution < 1.29 is 14.3 Å². The van der Waals surface area contributed by atoms with Crippen molar-refractivity contribution in [2.75, 3.05) is 7.11 Å². The van der Waals surface area contributed by atoms with Crippen molar-refractivity contribution >= 4 is 36.0 Å². The lowest BCUT2D eigenvalue weighted by molar-refractivity contribution is -0.141. The SMILES string of the molecule is COC(=O)[C@H]1C(=O)n2ccc3cccc(c32)-c2ccc([Si](C)(C)C)cc21. The molecule has 0 N–H and O–H groups in total. The third kappa shape index (κ3) is 2.35. The van der Waals surface area contributed by atoms with Gasteiger partial charge in [-0.15, -0.1) is 0 Å². The maximum absolute atomic E-state index is 13.3. The van der Waals surface area contributed by atoms with E-state index in [1.807, 2.05) is 30.3 Å². The molecule has 0 saturated carbocycles. The van der Waals surface area contributed by atoms with Crippen LogP contribution in [0.4, 0.5) is 0 Å².